The molecule has 0 unspecified atom stereocenters. The van der Waals surface area contributed by atoms with E-state index in [0.29, 0.717) is 17.8 Å². The van der Waals surface area contributed by atoms with Gasteiger partial charge in [-0.3, -0.25) is 4.79 Å². The third-order valence-corrected chi connectivity index (χ3v) is 5.47. The standard InChI is InChI=1S/C18H25N3OS/c19-17(18(22)21-10-11-23-13-21)12-14-6-8-16(9-7-14)20-15-4-2-1-3-5-15/h1-5,10-11,14,16-17,20H,6-9,12-13,19H2/t14?,16?,17-/m0/s1. The highest BCUT2D eigenvalue weighted by Crippen LogP contribution is 2.30. The number of thioether (sulfide) groups is 1. The minimum absolute atomic E-state index is 0.0655. The molecule has 124 valence electrons. The Labute approximate surface area is 142 Å². The van der Waals surface area contributed by atoms with Crippen molar-refractivity contribution in [3.63, 3.8) is 0 Å². The van der Waals surface area contributed by atoms with Crippen molar-refractivity contribution in [3.05, 3.63) is 41.9 Å². The van der Waals surface area contributed by atoms with Crippen molar-refractivity contribution >= 4 is 23.4 Å². The van der Waals surface area contributed by atoms with Gasteiger partial charge in [0.25, 0.3) is 0 Å². The minimum Gasteiger partial charge on any atom is -0.382 e. The number of anilines is 1. The zero-order chi connectivity index (χ0) is 16.1. The van der Waals surface area contributed by atoms with E-state index in [1.807, 2.05) is 17.7 Å². The van der Waals surface area contributed by atoms with Crippen LogP contribution in [0.2, 0.25) is 0 Å². The van der Waals surface area contributed by atoms with Crippen molar-refractivity contribution in [2.75, 3.05) is 11.2 Å². The fourth-order valence-electron chi connectivity index (χ4n) is 3.41. The lowest BCUT2D eigenvalue weighted by atomic mass is 9.82. The van der Waals surface area contributed by atoms with Gasteiger partial charge in [0, 0.05) is 17.9 Å². The summed E-state index contributed by atoms with van der Waals surface area (Å²) in [4.78, 5) is 14.0. The third-order valence-electron chi connectivity index (χ3n) is 4.73. The van der Waals surface area contributed by atoms with Crippen LogP contribution in [-0.4, -0.2) is 28.8 Å². The number of hydrogen-bond donors (Lipinski definition) is 2. The summed E-state index contributed by atoms with van der Waals surface area (Å²) in [5, 5.41) is 5.55. The van der Waals surface area contributed by atoms with E-state index >= 15 is 0 Å². The maximum Gasteiger partial charge on any atom is 0.244 e. The number of para-hydroxylation sites is 1. The number of nitrogens with one attached hydrogen (secondary N) is 1. The second-order valence-corrected chi connectivity index (χ2v) is 7.32. The van der Waals surface area contributed by atoms with E-state index in [4.69, 9.17) is 5.73 Å². The second-order valence-electron chi connectivity index (χ2n) is 6.46. The van der Waals surface area contributed by atoms with Crippen LogP contribution in [0.1, 0.15) is 32.1 Å². The summed E-state index contributed by atoms with van der Waals surface area (Å²) in [7, 11) is 0. The highest BCUT2D eigenvalue weighted by molar-refractivity contribution is 8.02. The molecule has 1 aliphatic carbocycles. The molecule has 5 heteroatoms. The SMILES string of the molecule is N[C@@H](CC1CCC(Nc2ccccc2)CC1)C(=O)N1C=CSC1. The zero-order valence-electron chi connectivity index (χ0n) is 13.4. The van der Waals surface area contributed by atoms with E-state index in [2.05, 4.69) is 29.6 Å². The Morgan fingerprint density at radius 2 is 2.00 bits per heavy atom. The number of rotatable bonds is 5. The van der Waals surface area contributed by atoms with E-state index in [9.17, 15) is 4.79 Å². The maximum atomic E-state index is 12.2. The zero-order valence-corrected chi connectivity index (χ0v) is 14.2. The number of nitrogens with two attached hydrogens (primary N) is 1. The highest BCUT2D eigenvalue weighted by atomic mass is 32.2. The summed E-state index contributed by atoms with van der Waals surface area (Å²) in [6.45, 7) is 0. The van der Waals surface area contributed by atoms with Gasteiger partial charge in [-0.15, -0.1) is 11.8 Å². The van der Waals surface area contributed by atoms with Crippen LogP contribution in [-0.2, 0) is 4.79 Å². The highest BCUT2D eigenvalue weighted by Gasteiger charge is 2.27. The largest absolute Gasteiger partial charge is 0.382 e. The van der Waals surface area contributed by atoms with E-state index < -0.39 is 0 Å². The number of nitrogens with zero attached hydrogens (tertiary/aromatic N) is 1. The normalized spacial score (nSPS) is 25.3. The van der Waals surface area contributed by atoms with Crippen LogP contribution in [0.4, 0.5) is 5.69 Å². The molecular formula is C18H25N3OS. The summed E-state index contributed by atoms with van der Waals surface area (Å²) in [6, 6.07) is 10.6. The van der Waals surface area contributed by atoms with Crippen LogP contribution in [0, 0.1) is 5.92 Å². The fourth-order valence-corrected chi connectivity index (χ4v) is 4.10. The van der Waals surface area contributed by atoms with Gasteiger partial charge in [0.15, 0.2) is 0 Å². The molecule has 1 aliphatic heterocycles. The first-order valence-corrected chi connectivity index (χ1v) is 9.43. The Morgan fingerprint density at radius 3 is 2.65 bits per heavy atom. The number of benzene rings is 1. The van der Waals surface area contributed by atoms with Crippen LogP contribution < -0.4 is 11.1 Å². The molecule has 3 N–H and O–H groups in total. The molecule has 1 heterocycles. The van der Waals surface area contributed by atoms with Crippen LogP contribution in [0.3, 0.4) is 0 Å². The molecule has 1 fully saturated rings. The van der Waals surface area contributed by atoms with E-state index in [1.165, 1.54) is 5.69 Å². The summed E-state index contributed by atoms with van der Waals surface area (Å²) in [5.41, 5.74) is 7.33. The van der Waals surface area contributed by atoms with E-state index in [0.717, 1.165) is 32.1 Å². The quantitative estimate of drug-likeness (QED) is 0.868. The van der Waals surface area contributed by atoms with Gasteiger partial charge < -0.3 is 16.0 Å². The minimum atomic E-state index is -0.359. The molecule has 4 nitrogen and oxygen atoms in total. The van der Waals surface area contributed by atoms with Crippen LogP contribution in [0.5, 0.6) is 0 Å². The Kier molecular flexibility index (Phi) is 5.62. The van der Waals surface area contributed by atoms with Crippen molar-refractivity contribution in [1.29, 1.82) is 0 Å². The molecule has 23 heavy (non-hydrogen) atoms. The molecule has 1 atom stereocenters. The van der Waals surface area contributed by atoms with Gasteiger partial charge in [-0.25, -0.2) is 0 Å². The Hall–Kier alpha value is -1.46. The van der Waals surface area contributed by atoms with Crippen molar-refractivity contribution < 1.29 is 4.79 Å². The number of hydrogen-bond acceptors (Lipinski definition) is 4. The van der Waals surface area contributed by atoms with E-state index in [-0.39, 0.29) is 11.9 Å². The topological polar surface area (TPSA) is 58.4 Å². The number of carbonyl (C=O) groups excluding carboxylic acids is 1. The van der Waals surface area contributed by atoms with Crippen LogP contribution in [0.15, 0.2) is 41.9 Å². The monoisotopic (exact) mass is 331 g/mol. The molecule has 1 aromatic rings. The molecule has 0 saturated heterocycles. The van der Waals surface area contributed by atoms with Gasteiger partial charge in [0.05, 0.1) is 11.9 Å². The number of carbonyl (C=O) groups is 1. The lowest BCUT2D eigenvalue weighted by molar-refractivity contribution is -0.129. The first kappa shape index (κ1) is 16.4. The molecule has 0 aromatic heterocycles. The Morgan fingerprint density at radius 1 is 1.26 bits per heavy atom. The second kappa shape index (κ2) is 7.88. The number of amides is 1. The third kappa shape index (κ3) is 4.52. The van der Waals surface area contributed by atoms with Gasteiger partial charge in [-0.1, -0.05) is 18.2 Å². The molecule has 0 spiro atoms. The van der Waals surface area contributed by atoms with Crippen LogP contribution >= 0.6 is 11.8 Å². The average Bonchev–Trinajstić information content (AvgIpc) is 3.11. The van der Waals surface area contributed by atoms with Crippen molar-refractivity contribution in [3.8, 4) is 0 Å². The molecule has 1 amide bonds. The fraction of sp³-hybridized carbons (Fsp3) is 0.500. The Bertz CT molecular complexity index is 540. The molecule has 2 aliphatic rings. The molecule has 0 radical (unpaired) electrons. The summed E-state index contributed by atoms with van der Waals surface area (Å²) >= 11 is 1.64. The molecular weight excluding hydrogens is 306 g/mol. The summed E-state index contributed by atoms with van der Waals surface area (Å²) in [6.07, 6.45) is 7.26. The maximum absolute atomic E-state index is 12.2. The first-order chi connectivity index (χ1) is 11.2. The van der Waals surface area contributed by atoms with E-state index in [1.54, 1.807) is 16.7 Å². The smallest absolute Gasteiger partial charge is 0.244 e. The lowest BCUT2D eigenvalue weighted by Gasteiger charge is -2.31. The molecule has 0 bridgehead atoms. The van der Waals surface area contributed by atoms with Crippen molar-refractivity contribution in [1.82, 2.24) is 4.90 Å². The lowest BCUT2D eigenvalue weighted by Crippen LogP contribution is -2.42. The Balaban J connectivity index is 1.42. The van der Waals surface area contributed by atoms with Gasteiger partial charge in [-0.05, 0) is 55.6 Å². The van der Waals surface area contributed by atoms with Gasteiger partial charge >= 0.3 is 0 Å². The summed E-state index contributed by atoms with van der Waals surface area (Å²) in [5.74, 6) is 1.35. The van der Waals surface area contributed by atoms with Gasteiger partial charge in [0.2, 0.25) is 5.91 Å². The van der Waals surface area contributed by atoms with Gasteiger partial charge in [-0.2, -0.15) is 0 Å². The first-order valence-electron chi connectivity index (χ1n) is 8.38. The average molecular weight is 331 g/mol. The van der Waals surface area contributed by atoms with Crippen molar-refractivity contribution in [2.24, 2.45) is 11.7 Å². The van der Waals surface area contributed by atoms with Crippen LogP contribution in [0.25, 0.3) is 0 Å². The van der Waals surface area contributed by atoms with Crippen molar-refractivity contribution in [2.45, 2.75) is 44.2 Å². The predicted octanol–water partition coefficient (Wildman–Crippen LogP) is 3.38. The molecule has 1 saturated carbocycles. The van der Waals surface area contributed by atoms with Gasteiger partial charge in [0.1, 0.15) is 0 Å². The summed E-state index contributed by atoms with van der Waals surface area (Å²) < 4.78 is 0. The molecule has 3 rings (SSSR count). The predicted molar refractivity (Wildman–Crippen MR) is 96.8 cm³/mol. The molecule has 1 aromatic carbocycles.